The van der Waals surface area contributed by atoms with Crippen LogP contribution in [0.3, 0.4) is 0 Å². The van der Waals surface area contributed by atoms with Crippen LogP contribution in [0.1, 0.15) is 5.76 Å². The van der Waals surface area contributed by atoms with Crippen molar-refractivity contribution in [3.8, 4) is 22.6 Å². The molecule has 0 bridgehead atoms. The van der Waals surface area contributed by atoms with Gasteiger partial charge in [0.2, 0.25) is 5.43 Å². The van der Waals surface area contributed by atoms with Gasteiger partial charge in [0.1, 0.15) is 22.8 Å². The molecular weight excluding hydrogens is 322 g/mol. The predicted octanol–water partition coefficient (Wildman–Crippen LogP) is 2.64. The van der Waals surface area contributed by atoms with Crippen LogP contribution < -0.4 is 20.6 Å². The Morgan fingerprint density at radius 2 is 1.96 bits per heavy atom. The first kappa shape index (κ1) is 16.6. The Hall–Kier alpha value is -3.28. The van der Waals surface area contributed by atoms with Crippen LogP contribution in [0, 0.1) is 6.92 Å². The Kier molecular flexibility index (Phi) is 4.43. The zero-order chi connectivity index (χ0) is 18.0. The number of carbonyl (C=O) groups is 1. The SMILES string of the molecule is COc1ccccc1-c1c(C)oc2cc(OCC(N)=O)ccc2c1=O. The minimum absolute atomic E-state index is 0.162. The molecule has 0 spiro atoms. The Labute approximate surface area is 143 Å². The Balaban J connectivity index is 2.15. The van der Waals surface area contributed by atoms with E-state index in [1.807, 2.05) is 18.2 Å². The minimum Gasteiger partial charge on any atom is -0.496 e. The largest absolute Gasteiger partial charge is 0.496 e. The van der Waals surface area contributed by atoms with Crippen LogP contribution in [0.4, 0.5) is 0 Å². The van der Waals surface area contributed by atoms with Crippen LogP contribution >= 0.6 is 0 Å². The summed E-state index contributed by atoms with van der Waals surface area (Å²) in [4.78, 5) is 23.8. The smallest absolute Gasteiger partial charge is 0.255 e. The molecule has 2 aromatic carbocycles. The summed E-state index contributed by atoms with van der Waals surface area (Å²) in [7, 11) is 1.55. The van der Waals surface area contributed by atoms with Crippen molar-refractivity contribution in [3.05, 3.63) is 58.4 Å². The van der Waals surface area contributed by atoms with Crippen molar-refractivity contribution in [2.45, 2.75) is 6.92 Å². The number of fused-ring (bicyclic) bond motifs is 1. The Morgan fingerprint density at radius 1 is 1.20 bits per heavy atom. The first-order valence-corrected chi connectivity index (χ1v) is 7.63. The summed E-state index contributed by atoms with van der Waals surface area (Å²) < 4.78 is 16.4. The summed E-state index contributed by atoms with van der Waals surface area (Å²) in [6, 6.07) is 12.1. The number of benzene rings is 2. The second-order valence-electron chi connectivity index (χ2n) is 5.48. The van der Waals surface area contributed by atoms with E-state index in [1.54, 1.807) is 38.3 Å². The molecule has 0 fully saturated rings. The van der Waals surface area contributed by atoms with E-state index < -0.39 is 5.91 Å². The molecule has 2 N–H and O–H groups in total. The fourth-order valence-corrected chi connectivity index (χ4v) is 2.69. The van der Waals surface area contributed by atoms with E-state index in [0.717, 1.165) is 0 Å². The van der Waals surface area contributed by atoms with Crippen molar-refractivity contribution in [2.75, 3.05) is 13.7 Å². The number of hydrogen-bond acceptors (Lipinski definition) is 5. The number of para-hydroxylation sites is 1. The number of hydrogen-bond donors (Lipinski definition) is 1. The first-order valence-electron chi connectivity index (χ1n) is 7.63. The van der Waals surface area contributed by atoms with E-state index in [1.165, 1.54) is 0 Å². The molecule has 6 nitrogen and oxygen atoms in total. The lowest BCUT2D eigenvalue weighted by Gasteiger charge is -2.11. The molecule has 1 aromatic heterocycles. The highest BCUT2D eigenvalue weighted by molar-refractivity contribution is 5.85. The number of ether oxygens (including phenoxy) is 2. The molecule has 3 aromatic rings. The molecule has 0 unspecified atom stereocenters. The number of rotatable bonds is 5. The van der Waals surface area contributed by atoms with Crippen LogP contribution in [-0.2, 0) is 4.79 Å². The number of methoxy groups -OCH3 is 1. The quantitative estimate of drug-likeness (QED) is 0.771. The molecule has 0 radical (unpaired) electrons. The third-order valence-electron chi connectivity index (χ3n) is 3.80. The molecule has 3 rings (SSSR count). The maximum atomic E-state index is 13.0. The van der Waals surface area contributed by atoms with E-state index >= 15 is 0 Å². The fraction of sp³-hybridized carbons (Fsp3) is 0.158. The molecule has 0 aliphatic carbocycles. The molecular formula is C19H17NO5. The molecule has 1 amide bonds. The highest BCUT2D eigenvalue weighted by Gasteiger charge is 2.17. The Bertz CT molecular complexity index is 1010. The molecule has 128 valence electrons. The summed E-state index contributed by atoms with van der Waals surface area (Å²) in [6.45, 7) is 1.48. The van der Waals surface area contributed by atoms with Crippen LogP contribution in [0.2, 0.25) is 0 Å². The minimum atomic E-state index is -0.579. The summed E-state index contributed by atoms with van der Waals surface area (Å²) in [5, 5.41) is 0.415. The third-order valence-corrected chi connectivity index (χ3v) is 3.80. The average Bonchev–Trinajstić information content (AvgIpc) is 2.60. The van der Waals surface area contributed by atoms with Gasteiger partial charge in [0, 0.05) is 11.6 Å². The van der Waals surface area contributed by atoms with Crippen molar-refractivity contribution in [2.24, 2.45) is 5.73 Å². The first-order chi connectivity index (χ1) is 12.0. The summed E-state index contributed by atoms with van der Waals surface area (Å²) in [6.07, 6.45) is 0. The third kappa shape index (κ3) is 3.19. The lowest BCUT2D eigenvalue weighted by Crippen LogP contribution is -2.20. The van der Waals surface area contributed by atoms with Crippen LogP contribution in [0.25, 0.3) is 22.1 Å². The molecule has 0 saturated heterocycles. The number of amides is 1. The normalized spacial score (nSPS) is 10.6. The van der Waals surface area contributed by atoms with Gasteiger partial charge in [-0.1, -0.05) is 18.2 Å². The highest BCUT2D eigenvalue weighted by atomic mass is 16.5. The lowest BCUT2D eigenvalue weighted by atomic mass is 10.0. The summed E-state index contributed by atoms with van der Waals surface area (Å²) >= 11 is 0. The van der Waals surface area contributed by atoms with Gasteiger partial charge in [-0.25, -0.2) is 0 Å². The van der Waals surface area contributed by atoms with E-state index in [2.05, 4.69) is 0 Å². The number of aryl methyl sites for hydroxylation is 1. The maximum Gasteiger partial charge on any atom is 0.255 e. The fourth-order valence-electron chi connectivity index (χ4n) is 2.69. The van der Waals surface area contributed by atoms with Crippen molar-refractivity contribution >= 4 is 16.9 Å². The second kappa shape index (κ2) is 6.68. The van der Waals surface area contributed by atoms with E-state index in [0.29, 0.717) is 39.4 Å². The van der Waals surface area contributed by atoms with Gasteiger partial charge in [-0.3, -0.25) is 9.59 Å². The van der Waals surface area contributed by atoms with Crippen molar-refractivity contribution < 1.29 is 18.7 Å². The molecule has 25 heavy (non-hydrogen) atoms. The summed E-state index contributed by atoms with van der Waals surface area (Å²) in [5.74, 6) is 0.885. The van der Waals surface area contributed by atoms with Crippen molar-refractivity contribution in [1.29, 1.82) is 0 Å². The Morgan fingerprint density at radius 3 is 2.68 bits per heavy atom. The average molecular weight is 339 g/mol. The van der Waals surface area contributed by atoms with Crippen LogP contribution in [0.15, 0.2) is 51.7 Å². The topological polar surface area (TPSA) is 91.8 Å². The van der Waals surface area contributed by atoms with Crippen LogP contribution in [0.5, 0.6) is 11.5 Å². The lowest BCUT2D eigenvalue weighted by molar-refractivity contribution is -0.119. The summed E-state index contributed by atoms with van der Waals surface area (Å²) in [5.41, 5.74) is 6.41. The highest BCUT2D eigenvalue weighted by Crippen LogP contribution is 2.32. The van der Waals surface area contributed by atoms with E-state index in [9.17, 15) is 9.59 Å². The molecule has 1 heterocycles. The van der Waals surface area contributed by atoms with Gasteiger partial charge in [0.05, 0.1) is 18.1 Å². The molecule has 0 saturated carbocycles. The van der Waals surface area contributed by atoms with Crippen molar-refractivity contribution in [3.63, 3.8) is 0 Å². The van der Waals surface area contributed by atoms with Gasteiger partial charge in [-0.15, -0.1) is 0 Å². The van der Waals surface area contributed by atoms with Crippen LogP contribution in [-0.4, -0.2) is 19.6 Å². The van der Waals surface area contributed by atoms with Gasteiger partial charge in [0.25, 0.3) is 5.91 Å². The van der Waals surface area contributed by atoms with Crippen molar-refractivity contribution in [1.82, 2.24) is 0 Å². The second-order valence-corrected chi connectivity index (χ2v) is 5.48. The molecule has 6 heteroatoms. The zero-order valence-corrected chi connectivity index (χ0v) is 13.9. The number of primary amides is 1. The van der Waals surface area contributed by atoms with Gasteiger partial charge < -0.3 is 19.6 Å². The monoisotopic (exact) mass is 339 g/mol. The van der Waals surface area contributed by atoms with E-state index in [4.69, 9.17) is 19.6 Å². The molecule has 0 atom stereocenters. The zero-order valence-electron chi connectivity index (χ0n) is 13.9. The standard InChI is InChI=1S/C19H17NO5/c1-11-18(13-5-3-4-6-15(13)23-2)19(22)14-8-7-12(9-16(14)25-11)24-10-17(20)21/h3-9H,10H2,1-2H3,(H2,20,21). The van der Waals surface area contributed by atoms with Gasteiger partial charge >= 0.3 is 0 Å². The van der Waals surface area contributed by atoms with Gasteiger partial charge in [-0.2, -0.15) is 0 Å². The van der Waals surface area contributed by atoms with Gasteiger partial charge in [0.15, 0.2) is 6.61 Å². The number of carbonyl (C=O) groups excluding carboxylic acids is 1. The molecule has 0 aliphatic rings. The van der Waals surface area contributed by atoms with E-state index in [-0.39, 0.29) is 12.0 Å². The van der Waals surface area contributed by atoms with Gasteiger partial charge in [-0.05, 0) is 25.1 Å². The maximum absolute atomic E-state index is 13.0. The predicted molar refractivity (Wildman–Crippen MR) is 93.9 cm³/mol. The molecule has 0 aliphatic heterocycles. The number of nitrogens with two attached hydrogens (primary N) is 1.